The number of hydrogen-bond donors (Lipinski definition) is 0. The Morgan fingerprint density at radius 3 is 1.97 bits per heavy atom. The first-order valence-electron chi connectivity index (χ1n) is 10.5. The lowest BCUT2D eigenvalue weighted by Crippen LogP contribution is -2.39. The van der Waals surface area contributed by atoms with Gasteiger partial charge < -0.3 is 18.9 Å². The van der Waals surface area contributed by atoms with E-state index in [2.05, 4.69) is 26.0 Å². The molecule has 1 aromatic carbocycles. The monoisotopic (exact) mass is 414 g/mol. The second kappa shape index (κ2) is 10.0. The molecule has 0 unspecified atom stereocenters. The second-order valence-electron chi connectivity index (χ2n) is 7.77. The summed E-state index contributed by atoms with van der Waals surface area (Å²) in [6.07, 6.45) is 7.66. The molecule has 2 aliphatic rings. The molecule has 6 heteroatoms. The van der Waals surface area contributed by atoms with Crippen LogP contribution < -0.4 is 0 Å². The molecule has 0 radical (unpaired) electrons. The van der Waals surface area contributed by atoms with Crippen molar-refractivity contribution in [3.63, 3.8) is 0 Å². The van der Waals surface area contributed by atoms with Crippen molar-refractivity contribution >= 4 is 11.9 Å². The molecule has 162 valence electrons. The fourth-order valence-corrected chi connectivity index (χ4v) is 3.77. The Labute approximate surface area is 177 Å². The van der Waals surface area contributed by atoms with Gasteiger partial charge in [0.1, 0.15) is 31.0 Å². The molecule has 0 bridgehead atoms. The summed E-state index contributed by atoms with van der Waals surface area (Å²) < 4.78 is 22.7. The molecule has 1 aromatic rings. The van der Waals surface area contributed by atoms with Crippen LogP contribution in [0.2, 0.25) is 0 Å². The molecule has 6 atom stereocenters. The van der Waals surface area contributed by atoms with E-state index in [-0.39, 0.29) is 24.9 Å². The van der Waals surface area contributed by atoms with Crippen LogP contribution in [-0.4, -0.2) is 36.9 Å². The predicted molar refractivity (Wildman–Crippen MR) is 112 cm³/mol. The molecule has 0 aliphatic carbocycles. The average molecular weight is 414 g/mol. The third-order valence-corrected chi connectivity index (χ3v) is 5.41. The van der Waals surface area contributed by atoms with E-state index in [1.165, 1.54) is 13.8 Å². The van der Waals surface area contributed by atoms with Crippen molar-refractivity contribution in [3.8, 4) is 0 Å². The summed E-state index contributed by atoms with van der Waals surface area (Å²) in [4.78, 5) is 22.6. The van der Waals surface area contributed by atoms with Crippen molar-refractivity contribution in [3.05, 3.63) is 59.7 Å². The maximum atomic E-state index is 11.4. The fourth-order valence-electron chi connectivity index (χ4n) is 3.77. The Balaban J connectivity index is 1.71. The molecule has 0 amide bonds. The van der Waals surface area contributed by atoms with Crippen LogP contribution in [0.15, 0.2) is 48.6 Å². The van der Waals surface area contributed by atoms with Crippen LogP contribution in [0.1, 0.15) is 57.5 Å². The lowest BCUT2D eigenvalue weighted by atomic mass is 9.95. The van der Waals surface area contributed by atoms with Crippen molar-refractivity contribution in [2.75, 3.05) is 6.61 Å². The van der Waals surface area contributed by atoms with Crippen LogP contribution >= 0.6 is 0 Å². The Morgan fingerprint density at radius 2 is 1.43 bits per heavy atom. The summed E-state index contributed by atoms with van der Waals surface area (Å²) >= 11 is 0. The van der Waals surface area contributed by atoms with Gasteiger partial charge in [0.2, 0.25) is 0 Å². The van der Waals surface area contributed by atoms with Gasteiger partial charge in [0.25, 0.3) is 0 Å². The summed E-state index contributed by atoms with van der Waals surface area (Å²) in [7, 11) is 0. The van der Waals surface area contributed by atoms with E-state index >= 15 is 0 Å². The number of carbonyl (C=O) groups excluding carboxylic acids is 2. The number of carbonyl (C=O) groups is 2. The molecule has 3 rings (SSSR count). The van der Waals surface area contributed by atoms with Crippen LogP contribution in [0, 0.1) is 5.92 Å². The van der Waals surface area contributed by atoms with Crippen molar-refractivity contribution in [2.45, 2.75) is 64.6 Å². The maximum absolute atomic E-state index is 11.4. The van der Waals surface area contributed by atoms with Crippen molar-refractivity contribution < 1.29 is 28.5 Å². The molecule has 2 heterocycles. The highest BCUT2D eigenvalue weighted by Gasteiger charge is 2.31. The van der Waals surface area contributed by atoms with Crippen LogP contribution in [0.3, 0.4) is 0 Å². The lowest BCUT2D eigenvalue weighted by molar-refractivity contribution is -0.163. The van der Waals surface area contributed by atoms with E-state index in [4.69, 9.17) is 18.9 Å². The van der Waals surface area contributed by atoms with E-state index in [0.717, 1.165) is 17.5 Å². The first-order valence-corrected chi connectivity index (χ1v) is 10.5. The van der Waals surface area contributed by atoms with Gasteiger partial charge in [-0.15, -0.1) is 0 Å². The maximum Gasteiger partial charge on any atom is 0.303 e. The predicted octanol–water partition coefficient (Wildman–Crippen LogP) is 4.22. The number of esters is 2. The number of benzene rings is 1. The van der Waals surface area contributed by atoms with Gasteiger partial charge in [-0.3, -0.25) is 9.59 Å². The Morgan fingerprint density at radius 1 is 0.867 bits per heavy atom. The van der Waals surface area contributed by atoms with Crippen molar-refractivity contribution in [2.24, 2.45) is 5.92 Å². The van der Waals surface area contributed by atoms with Gasteiger partial charge >= 0.3 is 11.9 Å². The molecular weight excluding hydrogens is 384 g/mol. The summed E-state index contributed by atoms with van der Waals surface area (Å²) in [6.45, 7) is 7.01. The molecule has 0 fully saturated rings. The third-order valence-electron chi connectivity index (χ3n) is 5.41. The van der Waals surface area contributed by atoms with Crippen LogP contribution in [0.5, 0.6) is 0 Å². The minimum atomic E-state index is -0.592. The van der Waals surface area contributed by atoms with Crippen LogP contribution in [0.25, 0.3) is 0 Å². The second-order valence-corrected chi connectivity index (χ2v) is 7.77. The molecule has 2 aliphatic heterocycles. The number of rotatable bonds is 6. The summed E-state index contributed by atoms with van der Waals surface area (Å²) in [5.41, 5.74) is 2.05. The highest BCUT2D eigenvalue weighted by atomic mass is 16.6. The molecule has 0 aromatic heterocycles. The van der Waals surface area contributed by atoms with Gasteiger partial charge in [0.15, 0.2) is 0 Å². The molecular formula is C24H30O6. The zero-order valence-corrected chi connectivity index (χ0v) is 17.9. The minimum absolute atomic E-state index is 0.0174. The third kappa shape index (κ3) is 5.58. The number of hydrogen-bond acceptors (Lipinski definition) is 6. The summed E-state index contributed by atoms with van der Waals surface area (Å²) in [5, 5.41) is 0. The standard InChI is InChI=1S/C24H30O6/c1-5-20-15(2)6-11-21(29-20)18-7-9-19(10-8-18)22-12-13-23(28-17(4)26)24(30-22)14-27-16(3)25/h6-13,15,20-24H,5,14H2,1-4H3/t15-,20+,21-,22-,23-,24+/m0/s1. The van der Waals surface area contributed by atoms with Crippen LogP contribution in [-0.2, 0) is 28.5 Å². The smallest absolute Gasteiger partial charge is 0.303 e. The Bertz CT molecular complexity index is 796. The fraction of sp³-hybridized carbons (Fsp3) is 0.500. The summed E-state index contributed by atoms with van der Waals surface area (Å²) in [5.74, 6) is -0.398. The molecule has 0 spiro atoms. The zero-order valence-electron chi connectivity index (χ0n) is 17.9. The highest BCUT2D eigenvalue weighted by molar-refractivity contribution is 5.67. The zero-order chi connectivity index (χ0) is 21.7. The van der Waals surface area contributed by atoms with Crippen molar-refractivity contribution in [1.82, 2.24) is 0 Å². The van der Waals surface area contributed by atoms with Gasteiger partial charge in [-0.1, -0.05) is 56.3 Å². The minimum Gasteiger partial charge on any atom is -0.463 e. The topological polar surface area (TPSA) is 71.1 Å². The Kier molecular flexibility index (Phi) is 7.45. The van der Waals surface area contributed by atoms with E-state index in [0.29, 0.717) is 5.92 Å². The van der Waals surface area contributed by atoms with E-state index in [1.54, 1.807) is 6.08 Å². The SMILES string of the molecule is CC[C@H]1O[C@H](c2ccc([C@@H]3C=C[C@H](OC(C)=O)[C@@H](COC(C)=O)O3)cc2)C=C[C@@H]1C. The van der Waals surface area contributed by atoms with Gasteiger partial charge in [-0.05, 0) is 23.6 Å². The van der Waals surface area contributed by atoms with Gasteiger partial charge in [0, 0.05) is 19.8 Å². The van der Waals surface area contributed by atoms with Gasteiger partial charge in [0.05, 0.1) is 6.10 Å². The quantitative estimate of drug-likeness (QED) is 0.513. The van der Waals surface area contributed by atoms with Crippen molar-refractivity contribution in [1.29, 1.82) is 0 Å². The normalized spacial score (nSPS) is 30.7. The van der Waals surface area contributed by atoms with Crippen LogP contribution in [0.4, 0.5) is 0 Å². The van der Waals surface area contributed by atoms with E-state index < -0.39 is 24.1 Å². The first-order chi connectivity index (χ1) is 14.4. The largest absolute Gasteiger partial charge is 0.463 e. The first kappa shape index (κ1) is 22.2. The molecule has 0 saturated carbocycles. The number of ether oxygens (including phenoxy) is 4. The Hall–Kier alpha value is -2.44. The van der Waals surface area contributed by atoms with E-state index in [1.807, 2.05) is 30.3 Å². The summed E-state index contributed by atoms with van der Waals surface area (Å²) in [6, 6.07) is 8.11. The van der Waals surface area contributed by atoms with Gasteiger partial charge in [-0.2, -0.15) is 0 Å². The average Bonchev–Trinajstić information content (AvgIpc) is 2.73. The molecule has 0 N–H and O–H groups in total. The molecule has 30 heavy (non-hydrogen) atoms. The van der Waals surface area contributed by atoms with E-state index in [9.17, 15) is 9.59 Å². The molecule has 6 nitrogen and oxygen atoms in total. The lowest BCUT2D eigenvalue weighted by Gasteiger charge is -2.32. The van der Waals surface area contributed by atoms with Gasteiger partial charge in [-0.25, -0.2) is 0 Å². The highest BCUT2D eigenvalue weighted by Crippen LogP contribution is 2.33. The molecule has 0 saturated heterocycles.